The first kappa shape index (κ1) is 11.2. The van der Waals surface area contributed by atoms with E-state index in [-0.39, 0.29) is 0 Å². The number of oxazole rings is 1. The Morgan fingerprint density at radius 1 is 1.29 bits per heavy atom. The Kier molecular flexibility index (Phi) is 2.84. The molecular weight excluding hydrogens is 214 g/mol. The van der Waals surface area contributed by atoms with Crippen LogP contribution >= 0.6 is 0 Å². The molecule has 0 aliphatic heterocycles. The Bertz CT molecular complexity index is 579. The molecule has 4 nitrogen and oxygen atoms in total. The Hall–Kier alpha value is -2.28. The Balaban J connectivity index is 2.56. The van der Waals surface area contributed by atoms with Gasteiger partial charge in [0, 0.05) is 19.7 Å². The minimum absolute atomic E-state index is 0.313. The van der Waals surface area contributed by atoms with Crippen molar-refractivity contribution in [2.24, 2.45) is 0 Å². The third-order valence-electron chi connectivity index (χ3n) is 2.50. The maximum atomic E-state index is 9.00. The fourth-order valence-electron chi connectivity index (χ4n) is 1.62. The number of aromatic nitrogens is 1. The average Bonchev–Trinajstić information content (AvgIpc) is 2.73. The third-order valence-corrected chi connectivity index (χ3v) is 2.50. The number of hydrogen-bond donors (Lipinski definition) is 0. The molecule has 1 aromatic carbocycles. The highest BCUT2D eigenvalue weighted by Gasteiger charge is 2.16. The van der Waals surface area contributed by atoms with Gasteiger partial charge in [-0.25, -0.2) is 0 Å². The second-order valence-electron chi connectivity index (χ2n) is 3.99. The highest BCUT2D eigenvalue weighted by atomic mass is 16.4. The van der Waals surface area contributed by atoms with Gasteiger partial charge in [-0.3, -0.25) is 0 Å². The molecule has 0 saturated heterocycles. The summed E-state index contributed by atoms with van der Waals surface area (Å²) in [5.41, 5.74) is 2.30. The topological polar surface area (TPSA) is 53.1 Å². The summed E-state index contributed by atoms with van der Waals surface area (Å²) >= 11 is 0. The highest BCUT2D eigenvalue weighted by molar-refractivity contribution is 5.62. The standard InChI is InChI=1S/C13H13N3O/c1-9-6-4-5-7-10(9)12-15-11(8-14)13(17-12)16(2)3/h4-7H,1-3H3. The zero-order valence-corrected chi connectivity index (χ0v) is 10.1. The van der Waals surface area contributed by atoms with E-state index >= 15 is 0 Å². The van der Waals surface area contributed by atoms with Gasteiger partial charge in [-0.15, -0.1) is 0 Å². The number of hydrogen-bond acceptors (Lipinski definition) is 4. The minimum Gasteiger partial charge on any atom is -0.419 e. The Morgan fingerprint density at radius 3 is 2.53 bits per heavy atom. The normalized spacial score (nSPS) is 10.0. The van der Waals surface area contributed by atoms with Crippen LogP contribution in [0.25, 0.3) is 11.5 Å². The molecule has 17 heavy (non-hydrogen) atoms. The molecule has 2 aromatic rings. The summed E-state index contributed by atoms with van der Waals surface area (Å²) in [4.78, 5) is 5.95. The van der Waals surface area contributed by atoms with Gasteiger partial charge in [0.1, 0.15) is 6.07 Å². The van der Waals surface area contributed by atoms with Crippen LogP contribution in [0.3, 0.4) is 0 Å². The molecule has 0 aliphatic rings. The summed E-state index contributed by atoms with van der Waals surface area (Å²) in [6.45, 7) is 1.99. The molecular formula is C13H13N3O. The van der Waals surface area contributed by atoms with Crippen LogP contribution in [0.1, 0.15) is 11.3 Å². The van der Waals surface area contributed by atoms with Gasteiger partial charge < -0.3 is 9.32 Å². The number of aryl methyl sites for hydroxylation is 1. The van der Waals surface area contributed by atoms with E-state index in [4.69, 9.17) is 9.68 Å². The van der Waals surface area contributed by atoms with Gasteiger partial charge in [-0.05, 0) is 18.6 Å². The summed E-state index contributed by atoms with van der Waals surface area (Å²) in [5, 5.41) is 9.00. The molecule has 86 valence electrons. The predicted molar refractivity (Wildman–Crippen MR) is 65.7 cm³/mol. The fourth-order valence-corrected chi connectivity index (χ4v) is 1.62. The van der Waals surface area contributed by atoms with Crippen LogP contribution in [0.15, 0.2) is 28.7 Å². The van der Waals surface area contributed by atoms with Crippen molar-refractivity contribution in [3.8, 4) is 17.5 Å². The van der Waals surface area contributed by atoms with Crippen LogP contribution in [0.4, 0.5) is 5.88 Å². The van der Waals surface area contributed by atoms with Crippen LogP contribution in [-0.2, 0) is 0 Å². The quantitative estimate of drug-likeness (QED) is 0.791. The van der Waals surface area contributed by atoms with Gasteiger partial charge in [0.25, 0.3) is 0 Å². The molecule has 1 heterocycles. The number of anilines is 1. The lowest BCUT2D eigenvalue weighted by Gasteiger charge is -2.06. The molecule has 0 saturated carbocycles. The second-order valence-corrected chi connectivity index (χ2v) is 3.99. The number of benzene rings is 1. The van der Waals surface area contributed by atoms with E-state index in [9.17, 15) is 0 Å². The Labute approximate surface area is 100 Å². The van der Waals surface area contributed by atoms with Crippen LogP contribution in [0.2, 0.25) is 0 Å². The molecule has 0 fully saturated rings. The van der Waals surface area contributed by atoms with Crippen molar-refractivity contribution in [2.75, 3.05) is 19.0 Å². The first-order chi connectivity index (χ1) is 8.13. The summed E-state index contributed by atoms with van der Waals surface area (Å²) in [6, 6.07) is 9.84. The summed E-state index contributed by atoms with van der Waals surface area (Å²) in [6.07, 6.45) is 0. The maximum Gasteiger partial charge on any atom is 0.234 e. The predicted octanol–water partition coefficient (Wildman–Crippen LogP) is 2.59. The summed E-state index contributed by atoms with van der Waals surface area (Å²) in [5.74, 6) is 0.981. The van der Waals surface area contributed by atoms with Crippen LogP contribution in [-0.4, -0.2) is 19.1 Å². The van der Waals surface area contributed by atoms with Gasteiger partial charge in [0.05, 0.1) is 0 Å². The molecule has 4 heteroatoms. The van der Waals surface area contributed by atoms with Crippen molar-refractivity contribution >= 4 is 5.88 Å². The molecule has 0 amide bonds. The number of rotatable bonds is 2. The van der Waals surface area contributed by atoms with Crippen LogP contribution in [0.5, 0.6) is 0 Å². The number of nitriles is 1. The molecule has 0 atom stereocenters. The summed E-state index contributed by atoms with van der Waals surface area (Å²) < 4.78 is 5.63. The average molecular weight is 227 g/mol. The van der Waals surface area contributed by atoms with Crippen LogP contribution in [0, 0.1) is 18.3 Å². The van der Waals surface area contributed by atoms with Crippen molar-refractivity contribution in [1.29, 1.82) is 5.26 Å². The van der Waals surface area contributed by atoms with Crippen molar-refractivity contribution in [1.82, 2.24) is 4.98 Å². The molecule has 0 radical (unpaired) electrons. The molecule has 0 unspecified atom stereocenters. The zero-order chi connectivity index (χ0) is 12.4. The lowest BCUT2D eigenvalue weighted by molar-refractivity contribution is 0.571. The van der Waals surface area contributed by atoms with Gasteiger partial charge in [-0.2, -0.15) is 10.2 Å². The highest BCUT2D eigenvalue weighted by Crippen LogP contribution is 2.28. The maximum absolute atomic E-state index is 9.00. The zero-order valence-electron chi connectivity index (χ0n) is 10.1. The van der Waals surface area contributed by atoms with Crippen molar-refractivity contribution < 1.29 is 4.42 Å². The Morgan fingerprint density at radius 2 is 2.00 bits per heavy atom. The monoisotopic (exact) mass is 227 g/mol. The van der Waals surface area contributed by atoms with E-state index in [2.05, 4.69) is 4.98 Å². The molecule has 0 bridgehead atoms. The van der Waals surface area contributed by atoms with E-state index in [1.807, 2.05) is 51.4 Å². The minimum atomic E-state index is 0.313. The van der Waals surface area contributed by atoms with E-state index in [1.54, 1.807) is 4.90 Å². The smallest absolute Gasteiger partial charge is 0.234 e. The van der Waals surface area contributed by atoms with Gasteiger partial charge in [-0.1, -0.05) is 18.2 Å². The fraction of sp³-hybridized carbons (Fsp3) is 0.231. The SMILES string of the molecule is Cc1ccccc1-c1nc(C#N)c(N(C)C)o1. The molecule has 2 rings (SSSR count). The van der Waals surface area contributed by atoms with E-state index in [0.717, 1.165) is 11.1 Å². The van der Waals surface area contributed by atoms with Crippen molar-refractivity contribution in [3.05, 3.63) is 35.5 Å². The largest absolute Gasteiger partial charge is 0.419 e. The van der Waals surface area contributed by atoms with Gasteiger partial charge >= 0.3 is 0 Å². The van der Waals surface area contributed by atoms with Gasteiger partial charge in [0.15, 0.2) is 0 Å². The molecule has 0 spiro atoms. The van der Waals surface area contributed by atoms with E-state index in [0.29, 0.717) is 17.5 Å². The lowest BCUT2D eigenvalue weighted by atomic mass is 10.1. The van der Waals surface area contributed by atoms with Crippen LogP contribution < -0.4 is 4.90 Å². The molecule has 1 aromatic heterocycles. The summed E-state index contributed by atoms with van der Waals surface area (Å²) in [7, 11) is 3.64. The van der Waals surface area contributed by atoms with Gasteiger partial charge in [0.2, 0.25) is 17.5 Å². The number of nitrogens with zero attached hydrogens (tertiary/aromatic N) is 3. The molecule has 0 aliphatic carbocycles. The third kappa shape index (κ3) is 2.00. The lowest BCUT2D eigenvalue weighted by Crippen LogP contribution is -2.08. The van der Waals surface area contributed by atoms with Crippen molar-refractivity contribution in [3.63, 3.8) is 0 Å². The first-order valence-electron chi connectivity index (χ1n) is 5.27. The second kappa shape index (κ2) is 4.30. The van der Waals surface area contributed by atoms with E-state index < -0.39 is 0 Å². The molecule has 0 N–H and O–H groups in total. The van der Waals surface area contributed by atoms with E-state index in [1.165, 1.54) is 0 Å². The van der Waals surface area contributed by atoms with Crippen molar-refractivity contribution in [2.45, 2.75) is 6.92 Å². The first-order valence-corrected chi connectivity index (χ1v) is 5.27.